The van der Waals surface area contributed by atoms with Crippen molar-refractivity contribution in [2.45, 2.75) is 18.4 Å². The fourth-order valence-corrected chi connectivity index (χ4v) is 2.23. The van der Waals surface area contributed by atoms with E-state index in [1.807, 2.05) is 0 Å². The summed E-state index contributed by atoms with van der Waals surface area (Å²) in [5.41, 5.74) is 6.09. The van der Waals surface area contributed by atoms with Crippen LogP contribution in [0.2, 0.25) is 0 Å². The number of rotatable bonds is 4. The molecule has 80 valence electrons. The number of aromatic nitrogens is 1. The summed E-state index contributed by atoms with van der Waals surface area (Å²) in [6.45, 7) is 2.55. The monoisotopic (exact) mass is 217 g/mol. The molecule has 0 amide bonds. The minimum Gasteiger partial charge on any atom is -0.363 e. The molecule has 0 aromatic carbocycles. The number of sulfonamides is 1. The lowest BCUT2D eigenvalue weighted by Gasteiger charge is -2.12. The Bertz CT molecular complexity index is 396. The van der Waals surface area contributed by atoms with Crippen LogP contribution in [0.4, 0.5) is 0 Å². The van der Waals surface area contributed by atoms with Gasteiger partial charge in [-0.15, -0.1) is 0 Å². The molecule has 0 aliphatic heterocycles. The van der Waals surface area contributed by atoms with E-state index in [1.54, 1.807) is 20.0 Å². The Labute approximate surface area is 84.0 Å². The number of hydrogen-bond donors (Lipinski definition) is 2. The summed E-state index contributed by atoms with van der Waals surface area (Å²) in [5, 5.41) is 0. The summed E-state index contributed by atoms with van der Waals surface area (Å²) in [5.74, 6) is 0. The van der Waals surface area contributed by atoms with Crippen molar-refractivity contribution < 1.29 is 8.42 Å². The Morgan fingerprint density at radius 1 is 1.57 bits per heavy atom. The van der Waals surface area contributed by atoms with E-state index in [1.165, 1.54) is 10.5 Å². The number of H-pyrrole nitrogens is 1. The summed E-state index contributed by atoms with van der Waals surface area (Å²) in [4.78, 5) is 3.08. The highest BCUT2D eigenvalue weighted by Gasteiger charge is 2.20. The molecule has 1 heterocycles. The van der Waals surface area contributed by atoms with Crippen LogP contribution in [-0.2, 0) is 16.6 Å². The molecule has 0 radical (unpaired) electrons. The van der Waals surface area contributed by atoms with Gasteiger partial charge in [0.25, 0.3) is 0 Å². The van der Waals surface area contributed by atoms with Crippen LogP contribution in [-0.4, -0.2) is 31.3 Å². The lowest BCUT2D eigenvalue weighted by atomic mass is 10.4. The van der Waals surface area contributed by atoms with Gasteiger partial charge in [0.05, 0.1) is 4.90 Å². The van der Waals surface area contributed by atoms with E-state index >= 15 is 0 Å². The molecule has 0 fully saturated rings. The summed E-state index contributed by atoms with van der Waals surface area (Å²) >= 11 is 0. The van der Waals surface area contributed by atoms with Gasteiger partial charge >= 0.3 is 0 Å². The molecule has 1 aromatic heterocycles. The third-order valence-electron chi connectivity index (χ3n) is 2.09. The van der Waals surface area contributed by atoms with E-state index in [4.69, 9.17) is 5.73 Å². The van der Waals surface area contributed by atoms with Gasteiger partial charge in [0.1, 0.15) is 0 Å². The number of aromatic amines is 1. The van der Waals surface area contributed by atoms with Crippen LogP contribution >= 0.6 is 0 Å². The first-order valence-corrected chi connectivity index (χ1v) is 5.80. The Morgan fingerprint density at radius 3 is 2.64 bits per heavy atom. The molecule has 0 aliphatic carbocycles. The van der Waals surface area contributed by atoms with Crippen LogP contribution in [0.1, 0.15) is 12.6 Å². The third kappa shape index (κ3) is 1.97. The van der Waals surface area contributed by atoms with E-state index in [-0.39, 0.29) is 4.90 Å². The quantitative estimate of drug-likeness (QED) is 0.751. The van der Waals surface area contributed by atoms with Gasteiger partial charge in [-0.05, 0) is 6.07 Å². The van der Waals surface area contributed by atoms with Gasteiger partial charge in [-0.2, -0.15) is 0 Å². The van der Waals surface area contributed by atoms with Crippen molar-refractivity contribution in [3.63, 3.8) is 0 Å². The minimum atomic E-state index is -3.33. The van der Waals surface area contributed by atoms with Gasteiger partial charge in [-0.25, -0.2) is 12.7 Å². The first-order chi connectivity index (χ1) is 6.52. The zero-order valence-corrected chi connectivity index (χ0v) is 9.13. The maximum Gasteiger partial charge on any atom is 0.244 e. The molecule has 6 heteroatoms. The molecule has 1 aromatic rings. The maximum atomic E-state index is 11.8. The zero-order valence-electron chi connectivity index (χ0n) is 8.32. The predicted molar refractivity (Wildman–Crippen MR) is 54.2 cm³/mol. The van der Waals surface area contributed by atoms with Crippen molar-refractivity contribution >= 4 is 10.0 Å². The number of nitrogens with two attached hydrogens (primary N) is 1. The van der Waals surface area contributed by atoms with Crippen molar-refractivity contribution in [2.75, 3.05) is 13.6 Å². The van der Waals surface area contributed by atoms with E-state index in [9.17, 15) is 8.42 Å². The van der Waals surface area contributed by atoms with Gasteiger partial charge in [0.2, 0.25) is 10.0 Å². The standard InChI is InChI=1S/C8H15N3O2S/c1-3-11(2)14(12,13)8-4-7(5-9)10-6-8/h4,6,10H,3,5,9H2,1-2H3. The van der Waals surface area contributed by atoms with Gasteiger partial charge in [0.15, 0.2) is 0 Å². The SMILES string of the molecule is CCN(C)S(=O)(=O)c1c[nH]c(CN)c1. The molecule has 14 heavy (non-hydrogen) atoms. The molecule has 3 N–H and O–H groups in total. The summed E-state index contributed by atoms with van der Waals surface area (Å²) in [6, 6.07) is 1.56. The summed E-state index contributed by atoms with van der Waals surface area (Å²) in [7, 11) is -1.79. The normalized spacial score (nSPS) is 12.3. The van der Waals surface area contributed by atoms with E-state index in [0.29, 0.717) is 18.8 Å². The van der Waals surface area contributed by atoms with Crippen LogP contribution in [0.15, 0.2) is 17.2 Å². The van der Waals surface area contributed by atoms with Crippen LogP contribution in [0.5, 0.6) is 0 Å². The summed E-state index contributed by atoms with van der Waals surface area (Å²) < 4.78 is 24.8. The highest BCUT2D eigenvalue weighted by atomic mass is 32.2. The maximum absolute atomic E-state index is 11.8. The average molecular weight is 217 g/mol. The molecule has 0 bridgehead atoms. The van der Waals surface area contributed by atoms with E-state index < -0.39 is 10.0 Å². The predicted octanol–water partition coefficient (Wildman–Crippen LogP) is 0.114. The molecule has 0 unspecified atom stereocenters. The number of nitrogens with one attached hydrogen (secondary N) is 1. The highest BCUT2D eigenvalue weighted by Crippen LogP contribution is 2.14. The minimum absolute atomic E-state index is 0.266. The Hall–Kier alpha value is -0.850. The van der Waals surface area contributed by atoms with E-state index in [2.05, 4.69) is 4.98 Å². The second-order valence-corrected chi connectivity index (χ2v) is 5.03. The zero-order chi connectivity index (χ0) is 10.8. The fraction of sp³-hybridized carbons (Fsp3) is 0.500. The molecule has 0 aliphatic rings. The van der Waals surface area contributed by atoms with Gasteiger partial charge in [0, 0.05) is 32.0 Å². The number of hydrogen-bond acceptors (Lipinski definition) is 3. The Morgan fingerprint density at radius 2 is 2.21 bits per heavy atom. The Balaban J connectivity index is 3.04. The van der Waals surface area contributed by atoms with E-state index in [0.717, 1.165) is 0 Å². The van der Waals surface area contributed by atoms with Crippen LogP contribution in [0.3, 0.4) is 0 Å². The fourth-order valence-electron chi connectivity index (χ4n) is 1.04. The molecular formula is C8H15N3O2S. The first-order valence-electron chi connectivity index (χ1n) is 4.36. The molecule has 0 saturated heterocycles. The van der Waals surface area contributed by atoms with Crippen molar-refractivity contribution in [3.05, 3.63) is 18.0 Å². The van der Waals surface area contributed by atoms with Crippen LogP contribution in [0.25, 0.3) is 0 Å². The lowest BCUT2D eigenvalue weighted by Crippen LogP contribution is -2.26. The molecule has 0 atom stereocenters. The lowest BCUT2D eigenvalue weighted by molar-refractivity contribution is 0.486. The van der Waals surface area contributed by atoms with Gasteiger partial charge < -0.3 is 10.7 Å². The molecule has 0 saturated carbocycles. The molecule has 5 nitrogen and oxygen atoms in total. The van der Waals surface area contributed by atoms with Crippen molar-refractivity contribution in [3.8, 4) is 0 Å². The molecular weight excluding hydrogens is 202 g/mol. The van der Waals surface area contributed by atoms with Crippen molar-refractivity contribution in [1.82, 2.24) is 9.29 Å². The third-order valence-corrected chi connectivity index (χ3v) is 4.00. The van der Waals surface area contributed by atoms with Crippen LogP contribution in [0, 0.1) is 0 Å². The topological polar surface area (TPSA) is 79.2 Å². The van der Waals surface area contributed by atoms with Gasteiger partial charge in [-0.1, -0.05) is 6.92 Å². The van der Waals surface area contributed by atoms with Crippen LogP contribution < -0.4 is 5.73 Å². The largest absolute Gasteiger partial charge is 0.363 e. The average Bonchev–Trinajstić information content (AvgIpc) is 2.65. The highest BCUT2D eigenvalue weighted by molar-refractivity contribution is 7.89. The van der Waals surface area contributed by atoms with Crippen molar-refractivity contribution in [2.24, 2.45) is 5.73 Å². The number of nitrogens with zero attached hydrogens (tertiary/aromatic N) is 1. The smallest absolute Gasteiger partial charge is 0.244 e. The second kappa shape index (κ2) is 4.12. The Kier molecular flexibility index (Phi) is 3.30. The molecule has 0 spiro atoms. The first kappa shape index (κ1) is 11.2. The molecule has 1 rings (SSSR count). The summed E-state index contributed by atoms with van der Waals surface area (Å²) in [6.07, 6.45) is 1.46. The second-order valence-electron chi connectivity index (χ2n) is 2.98. The van der Waals surface area contributed by atoms with Gasteiger partial charge in [-0.3, -0.25) is 0 Å². The van der Waals surface area contributed by atoms with Crippen molar-refractivity contribution in [1.29, 1.82) is 0 Å².